The first-order chi connectivity index (χ1) is 12.5. The average Bonchev–Trinajstić information content (AvgIpc) is 3.08. The smallest absolute Gasteiger partial charge is 0.321 e. The number of likely N-dealkylation sites (N-methyl/N-ethyl adjacent to an activating group) is 1. The molecule has 0 saturated carbocycles. The van der Waals surface area contributed by atoms with Crippen molar-refractivity contribution in [1.82, 2.24) is 9.80 Å². The minimum absolute atomic E-state index is 0.0204. The monoisotopic (exact) mass is 369 g/mol. The Kier molecular flexibility index (Phi) is 5.89. The van der Waals surface area contributed by atoms with Crippen molar-refractivity contribution in [3.8, 4) is 0 Å². The zero-order valence-corrected chi connectivity index (χ0v) is 16.7. The number of carbonyl (C=O) groups excluding carboxylic acids is 1. The predicted octanol–water partition coefficient (Wildman–Crippen LogP) is 4.28. The molecule has 0 aliphatic carbocycles. The fourth-order valence-corrected chi connectivity index (χ4v) is 4.11. The number of para-hydroxylation sites is 1. The number of nitrogens with zero attached hydrogens (tertiary/aromatic N) is 2. The SMILES string of the molecule is CSc1ccccc1NC(=O)N1C[C@@H](N(C)C)[C@H](c2ccc(C)cc2)C1. The van der Waals surface area contributed by atoms with Crippen molar-refractivity contribution in [2.45, 2.75) is 23.8 Å². The molecule has 2 amide bonds. The van der Waals surface area contributed by atoms with Gasteiger partial charge in [-0.1, -0.05) is 42.0 Å². The number of anilines is 1. The number of thioether (sulfide) groups is 1. The Morgan fingerprint density at radius 1 is 1.12 bits per heavy atom. The fraction of sp³-hybridized carbons (Fsp3) is 0.381. The number of rotatable bonds is 4. The Balaban J connectivity index is 1.76. The molecule has 5 heteroatoms. The quantitative estimate of drug-likeness (QED) is 0.817. The van der Waals surface area contributed by atoms with E-state index in [4.69, 9.17) is 0 Å². The summed E-state index contributed by atoms with van der Waals surface area (Å²) in [5.41, 5.74) is 3.44. The lowest BCUT2D eigenvalue weighted by Gasteiger charge is -2.25. The van der Waals surface area contributed by atoms with Crippen LogP contribution in [0.4, 0.5) is 10.5 Å². The first-order valence-corrected chi connectivity index (χ1v) is 10.1. The predicted molar refractivity (Wildman–Crippen MR) is 110 cm³/mol. The van der Waals surface area contributed by atoms with Crippen LogP contribution in [-0.4, -0.2) is 55.3 Å². The zero-order valence-electron chi connectivity index (χ0n) is 15.9. The number of carbonyl (C=O) groups is 1. The molecule has 0 aromatic heterocycles. The summed E-state index contributed by atoms with van der Waals surface area (Å²) in [7, 11) is 4.19. The number of likely N-dealkylation sites (tertiary alicyclic amines) is 1. The van der Waals surface area contributed by atoms with E-state index in [2.05, 4.69) is 55.5 Å². The van der Waals surface area contributed by atoms with E-state index in [0.717, 1.165) is 23.7 Å². The third-order valence-electron chi connectivity index (χ3n) is 5.09. The topological polar surface area (TPSA) is 35.6 Å². The van der Waals surface area contributed by atoms with E-state index >= 15 is 0 Å². The Hall–Kier alpha value is -1.98. The van der Waals surface area contributed by atoms with Crippen LogP contribution in [0.15, 0.2) is 53.4 Å². The molecule has 0 bridgehead atoms. The van der Waals surface area contributed by atoms with Crippen molar-refractivity contribution in [2.24, 2.45) is 0 Å². The average molecular weight is 370 g/mol. The van der Waals surface area contributed by atoms with Crippen molar-refractivity contribution in [3.05, 3.63) is 59.7 Å². The molecule has 2 aromatic rings. The van der Waals surface area contributed by atoms with Crippen molar-refractivity contribution >= 4 is 23.5 Å². The fourth-order valence-electron chi connectivity index (χ4n) is 3.56. The van der Waals surface area contributed by atoms with Crippen LogP contribution in [0.25, 0.3) is 0 Å². The number of hydrogen-bond donors (Lipinski definition) is 1. The molecule has 1 fully saturated rings. The van der Waals surface area contributed by atoms with Gasteiger partial charge in [0, 0.05) is 29.9 Å². The van der Waals surface area contributed by atoms with Crippen molar-refractivity contribution in [2.75, 3.05) is 38.8 Å². The van der Waals surface area contributed by atoms with E-state index in [1.807, 2.05) is 35.4 Å². The first-order valence-electron chi connectivity index (χ1n) is 8.91. The minimum atomic E-state index is -0.0204. The highest BCUT2D eigenvalue weighted by atomic mass is 32.2. The lowest BCUT2D eigenvalue weighted by Crippen LogP contribution is -2.37. The van der Waals surface area contributed by atoms with Gasteiger partial charge in [-0.05, 0) is 45.0 Å². The van der Waals surface area contributed by atoms with Gasteiger partial charge in [-0.15, -0.1) is 11.8 Å². The summed E-state index contributed by atoms with van der Waals surface area (Å²) in [6.45, 7) is 3.57. The number of benzene rings is 2. The Bertz CT molecular complexity index is 760. The van der Waals surface area contributed by atoms with Crippen LogP contribution in [0, 0.1) is 6.92 Å². The summed E-state index contributed by atoms with van der Waals surface area (Å²) in [6.07, 6.45) is 2.02. The van der Waals surface area contributed by atoms with Gasteiger partial charge in [-0.3, -0.25) is 0 Å². The molecule has 1 heterocycles. The summed E-state index contributed by atoms with van der Waals surface area (Å²) in [6, 6.07) is 16.9. The third kappa shape index (κ3) is 4.05. The van der Waals surface area contributed by atoms with Crippen molar-refractivity contribution < 1.29 is 4.79 Å². The van der Waals surface area contributed by atoms with Crippen LogP contribution in [-0.2, 0) is 0 Å². The van der Waals surface area contributed by atoms with E-state index in [-0.39, 0.29) is 6.03 Å². The van der Waals surface area contributed by atoms with Crippen molar-refractivity contribution in [3.63, 3.8) is 0 Å². The first kappa shape index (κ1) is 18.8. The second kappa shape index (κ2) is 8.14. The normalized spacial score (nSPS) is 19.8. The molecule has 0 spiro atoms. The third-order valence-corrected chi connectivity index (χ3v) is 5.89. The second-order valence-corrected chi connectivity index (χ2v) is 7.93. The number of hydrogen-bond acceptors (Lipinski definition) is 3. The van der Waals surface area contributed by atoms with E-state index in [0.29, 0.717) is 12.0 Å². The maximum absolute atomic E-state index is 12.9. The van der Waals surface area contributed by atoms with Crippen LogP contribution in [0.5, 0.6) is 0 Å². The number of aryl methyl sites for hydroxylation is 1. The van der Waals surface area contributed by atoms with E-state index in [1.54, 1.807) is 11.8 Å². The maximum Gasteiger partial charge on any atom is 0.321 e. The number of urea groups is 1. The van der Waals surface area contributed by atoms with Gasteiger partial charge >= 0.3 is 6.03 Å². The summed E-state index contributed by atoms with van der Waals surface area (Å²) >= 11 is 1.64. The summed E-state index contributed by atoms with van der Waals surface area (Å²) in [5.74, 6) is 0.326. The molecule has 1 saturated heterocycles. The standard InChI is InChI=1S/C21H27N3OS/c1-15-9-11-16(12-10-15)17-13-24(14-19(17)23(2)3)21(25)22-18-7-5-6-8-20(18)26-4/h5-12,17,19H,13-14H2,1-4H3,(H,22,25)/t17-,19+/m0/s1. The van der Waals surface area contributed by atoms with Crippen LogP contribution in [0.3, 0.4) is 0 Å². The van der Waals surface area contributed by atoms with Gasteiger partial charge in [-0.25, -0.2) is 4.79 Å². The Morgan fingerprint density at radius 3 is 2.46 bits per heavy atom. The Morgan fingerprint density at radius 2 is 1.81 bits per heavy atom. The molecule has 26 heavy (non-hydrogen) atoms. The summed E-state index contributed by atoms with van der Waals surface area (Å²) in [5, 5.41) is 3.09. The molecule has 3 rings (SSSR count). The van der Waals surface area contributed by atoms with Gasteiger partial charge < -0.3 is 15.1 Å². The van der Waals surface area contributed by atoms with Crippen LogP contribution in [0.2, 0.25) is 0 Å². The summed E-state index contributed by atoms with van der Waals surface area (Å²) < 4.78 is 0. The molecule has 1 N–H and O–H groups in total. The molecule has 2 atom stereocenters. The number of nitrogens with one attached hydrogen (secondary N) is 1. The molecule has 2 aromatic carbocycles. The van der Waals surface area contributed by atoms with Gasteiger partial charge in [0.05, 0.1) is 5.69 Å². The maximum atomic E-state index is 12.9. The van der Waals surface area contributed by atoms with Gasteiger partial charge in [0.25, 0.3) is 0 Å². The second-order valence-electron chi connectivity index (χ2n) is 7.08. The molecular formula is C21H27N3OS. The highest BCUT2D eigenvalue weighted by Gasteiger charge is 2.37. The molecule has 1 aliphatic heterocycles. The highest BCUT2D eigenvalue weighted by molar-refractivity contribution is 7.98. The molecule has 0 radical (unpaired) electrons. The van der Waals surface area contributed by atoms with Gasteiger partial charge in [0.15, 0.2) is 0 Å². The minimum Gasteiger partial charge on any atom is -0.322 e. The molecular weight excluding hydrogens is 342 g/mol. The van der Waals surface area contributed by atoms with Gasteiger partial charge in [0.1, 0.15) is 0 Å². The van der Waals surface area contributed by atoms with Crippen molar-refractivity contribution in [1.29, 1.82) is 0 Å². The largest absolute Gasteiger partial charge is 0.322 e. The molecule has 1 aliphatic rings. The van der Waals surface area contributed by atoms with Gasteiger partial charge in [0.2, 0.25) is 0 Å². The van der Waals surface area contributed by atoms with Gasteiger partial charge in [-0.2, -0.15) is 0 Å². The van der Waals surface area contributed by atoms with E-state index < -0.39 is 0 Å². The van der Waals surface area contributed by atoms with Crippen LogP contribution in [0.1, 0.15) is 17.0 Å². The van der Waals surface area contributed by atoms with Crippen LogP contribution >= 0.6 is 11.8 Å². The number of amides is 2. The lowest BCUT2D eigenvalue weighted by molar-refractivity contribution is 0.216. The lowest BCUT2D eigenvalue weighted by atomic mass is 9.93. The molecule has 138 valence electrons. The zero-order chi connectivity index (χ0) is 18.7. The Labute approximate surface area is 160 Å². The highest BCUT2D eigenvalue weighted by Crippen LogP contribution is 2.31. The molecule has 0 unspecified atom stereocenters. The van der Waals surface area contributed by atoms with Crippen LogP contribution < -0.4 is 5.32 Å². The van der Waals surface area contributed by atoms with E-state index in [9.17, 15) is 4.79 Å². The molecule has 4 nitrogen and oxygen atoms in total. The van der Waals surface area contributed by atoms with E-state index in [1.165, 1.54) is 11.1 Å². The summed E-state index contributed by atoms with van der Waals surface area (Å²) in [4.78, 5) is 18.1.